The molecule has 2 aromatic rings. The van der Waals surface area contributed by atoms with Crippen molar-refractivity contribution < 1.29 is 24.6 Å². The van der Waals surface area contributed by atoms with Crippen molar-refractivity contribution in [1.82, 2.24) is 0 Å². The molecule has 0 aliphatic rings. The molecule has 2 rings (SSSR count). The van der Waals surface area contributed by atoms with Gasteiger partial charge in [0, 0.05) is 17.8 Å². The second-order valence-corrected chi connectivity index (χ2v) is 4.04. The maximum Gasteiger partial charge on any atom is 0.273 e. The highest BCUT2D eigenvalue weighted by Crippen LogP contribution is 2.29. The Morgan fingerprint density at radius 3 is 2.09 bits per heavy atom. The van der Waals surface area contributed by atoms with Crippen molar-refractivity contribution in [3.8, 4) is 23.0 Å². The predicted octanol–water partition coefficient (Wildman–Crippen LogP) is 2.29. The van der Waals surface area contributed by atoms with Gasteiger partial charge in [-0.25, -0.2) is 0 Å². The number of nitrogens with two attached hydrogens (primary N) is 1. The van der Waals surface area contributed by atoms with Gasteiger partial charge in [0.25, 0.3) is 5.69 Å². The molecule has 0 radical (unpaired) electrons. The highest BCUT2D eigenvalue weighted by Gasteiger charge is 2.09. The van der Waals surface area contributed by atoms with Crippen LogP contribution < -0.4 is 15.2 Å². The van der Waals surface area contributed by atoms with E-state index in [2.05, 4.69) is 0 Å². The van der Waals surface area contributed by atoms with E-state index in [1.165, 1.54) is 32.4 Å². The average molecular weight is 308 g/mol. The number of nitrogen functional groups attached to an aromatic ring is 1. The van der Waals surface area contributed by atoms with E-state index in [0.717, 1.165) is 6.07 Å². The normalized spacial score (nSPS) is 9.36. The molecular weight excluding hydrogens is 292 g/mol. The quantitative estimate of drug-likeness (QED) is 0.343. The number of non-ortho nitro benzene ring substituents is 1. The van der Waals surface area contributed by atoms with Crippen LogP contribution in [0, 0.1) is 10.1 Å². The molecule has 0 aromatic heterocycles. The Balaban J connectivity index is 0.000000224. The van der Waals surface area contributed by atoms with Crippen molar-refractivity contribution in [2.75, 3.05) is 20.0 Å². The summed E-state index contributed by atoms with van der Waals surface area (Å²) in [6.07, 6.45) is 0. The summed E-state index contributed by atoms with van der Waals surface area (Å²) in [6.45, 7) is 0. The highest BCUT2D eigenvalue weighted by molar-refractivity contribution is 5.51. The van der Waals surface area contributed by atoms with Gasteiger partial charge in [0.1, 0.15) is 0 Å². The van der Waals surface area contributed by atoms with E-state index in [9.17, 15) is 10.1 Å². The fourth-order valence-electron chi connectivity index (χ4n) is 1.49. The van der Waals surface area contributed by atoms with Gasteiger partial charge in [0.05, 0.1) is 25.2 Å². The first kappa shape index (κ1) is 16.9. The highest BCUT2D eigenvalue weighted by atomic mass is 16.6. The molecule has 22 heavy (non-hydrogen) atoms. The molecule has 2 aromatic carbocycles. The molecule has 0 fully saturated rings. The summed E-state index contributed by atoms with van der Waals surface area (Å²) in [5, 5.41) is 28.4. The van der Waals surface area contributed by atoms with Gasteiger partial charge in [-0.3, -0.25) is 10.1 Å². The largest absolute Gasteiger partial charge is 0.504 e. The number of nitro groups is 1. The smallest absolute Gasteiger partial charge is 0.273 e. The maximum absolute atomic E-state index is 10.2. The number of methoxy groups -OCH3 is 2. The molecule has 0 unspecified atom stereocenters. The number of anilines is 1. The first-order chi connectivity index (χ1) is 10.4. The first-order valence-electron chi connectivity index (χ1n) is 6.03. The molecule has 0 aliphatic heterocycles. The Morgan fingerprint density at radius 2 is 1.64 bits per heavy atom. The number of nitrogens with zero attached hydrogens (tertiary/aromatic N) is 1. The van der Waals surface area contributed by atoms with Crippen LogP contribution in [0.15, 0.2) is 36.4 Å². The first-order valence-corrected chi connectivity index (χ1v) is 6.03. The Bertz CT molecular complexity index is 660. The van der Waals surface area contributed by atoms with E-state index in [1.807, 2.05) is 0 Å². The van der Waals surface area contributed by atoms with Crippen LogP contribution in [-0.2, 0) is 0 Å². The molecular formula is C14H16N2O6. The van der Waals surface area contributed by atoms with E-state index < -0.39 is 4.92 Å². The molecule has 0 bridgehead atoms. The summed E-state index contributed by atoms with van der Waals surface area (Å²) in [5.74, 6) is 0.504. The third-order valence-electron chi connectivity index (χ3n) is 2.58. The van der Waals surface area contributed by atoms with Crippen LogP contribution >= 0.6 is 0 Å². The standard InChI is InChI=1S/C7H7NO4.C7H9NO2/c1-12-7-3-2-5(8(10)11)4-6(7)9;1-10-7-4-5(8)2-3-6(7)9/h2-4,9H,1H3;2-4,9H,8H2,1H3. The molecule has 8 heteroatoms. The van der Waals surface area contributed by atoms with E-state index >= 15 is 0 Å². The molecule has 4 N–H and O–H groups in total. The zero-order chi connectivity index (χ0) is 16.7. The van der Waals surface area contributed by atoms with Gasteiger partial charge in [0.2, 0.25) is 0 Å². The van der Waals surface area contributed by atoms with Crippen LogP contribution in [-0.4, -0.2) is 29.4 Å². The van der Waals surface area contributed by atoms with Gasteiger partial charge in [-0.05, 0) is 18.2 Å². The molecule has 0 saturated heterocycles. The molecule has 8 nitrogen and oxygen atoms in total. The van der Waals surface area contributed by atoms with Crippen molar-refractivity contribution in [1.29, 1.82) is 0 Å². The molecule has 0 aliphatic carbocycles. The topological polar surface area (TPSA) is 128 Å². The minimum atomic E-state index is -0.584. The number of hydrogen-bond donors (Lipinski definition) is 3. The van der Waals surface area contributed by atoms with Crippen molar-refractivity contribution in [2.24, 2.45) is 0 Å². The number of phenols is 2. The number of nitro benzene ring substituents is 1. The molecule has 0 amide bonds. The fraction of sp³-hybridized carbons (Fsp3) is 0.143. The van der Waals surface area contributed by atoms with E-state index in [1.54, 1.807) is 12.1 Å². The molecule has 0 spiro atoms. The van der Waals surface area contributed by atoms with Crippen molar-refractivity contribution >= 4 is 11.4 Å². The number of aromatic hydroxyl groups is 2. The van der Waals surface area contributed by atoms with Gasteiger partial charge in [-0.2, -0.15) is 0 Å². The lowest BCUT2D eigenvalue weighted by molar-refractivity contribution is -0.385. The number of ether oxygens (including phenoxy) is 2. The minimum Gasteiger partial charge on any atom is -0.504 e. The molecule has 0 saturated carbocycles. The van der Waals surface area contributed by atoms with Crippen LogP contribution in [0.3, 0.4) is 0 Å². The van der Waals surface area contributed by atoms with E-state index in [4.69, 9.17) is 25.4 Å². The number of hydrogen-bond acceptors (Lipinski definition) is 7. The zero-order valence-corrected chi connectivity index (χ0v) is 12.0. The molecule has 0 heterocycles. The van der Waals surface area contributed by atoms with Crippen LogP contribution in [0.4, 0.5) is 11.4 Å². The summed E-state index contributed by atoms with van der Waals surface area (Å²) in [7, 11) is 2.86. The summed E-state index contributed by atoms with van der Waals surface area (Å²) in [6, 6.07) is 8.31. The summed E-state index contributed by atoms with van der Waals surface area (Å²) >= 11 is 0. The molecule has 118 valence electrons. The Morgan fingerprint density at radius 1 is 1.00 bits per heavy atom. The second kappa shape index (κ2) is 7.58. The van der Waals surface area contributed by atoms with Crippen molar-refractivity contribution in [3.63, 3.8) is 0 Å². The minimum absolute atomic E-state index is 0.108. The van der Waals surface area contributed by atoms with Crippen LogP contribution in [0.2, 0.25) is 0 Å². The zero-order valence-electron chi connectivity index (χ0n) is 12.0. The predicted molar refractivity (Wildman–Crippen MR) is 80.4 cm³/mol. The van der Waals surface area contributed by atoms with Crippen molar-refractivity contribution in [2.45, 2.75) is 0 Å². The van der Waals surface area contributed by atoms with Crippen molar-refractivity contribution in [3.05, 3.63) is 46.5 Å². The summed E-state index contributed by atoms with van der Waals surface area (Å²) < 4.78 is 9.50. The summed E-state index contributed by atoms with van der Waals surface area (Å²) in [4.78, 5) is 9.62. The van der Waals surface area contributed by atoms with Crippen LogP contribution in [0.25, 0.3) is 0 Å². The Labute approximate surface area is 126 Å². The van der Waals surface area contributed by atoms with Crippen LogP contribution in [0.1, 0.15) is 0 Å². The average Bonchev–Trinajstić information content (AvgIpc) is 2.50. The van der Waals surface area contributed by atoms with Gasteiger partial charge in [0.15, 0.2) is 23.0 Å². The van der Waals surface area contributed by atoms with E-state index in [0.29, 0.717) is 11.4 Å². The third kappa shape index (κ3) is 4.44. The number of rotatable bonds is 3. The molecule has 0 atom stereocenters. The van der Waals surface area contributed by atoms with Gasteiger partial charge >= 0.3 is 0 Å². The summed E-state index contributed by atoms with van der Waals surface area (Å²) in [5.41, 5.74) is 5.83. The monoisotopic (exact) mass is 308 g/mol. The Kier molecular flexibility index (Phi) is 5.82. The third-order valence-corrected chi connectivity index (χ3v) is 2.58. The maximum atomic E-state index is 10.2. The van der Waals surface area contributed by atoms with Gasteiger partial charge in [-0.15, -0.1) is 0 Å². The number of benzene rings is 2. The van der Waals surface area contributed by atoms with Gasteiger partial charge in [-0.1, -0.05) is 0 Å². The fourth-order valence-corrected chi connectivity index (χ4v) is 1.49. The lowest BCUT2D eigenvalue weighted by Crippen LogP contribution is -1.88. The lowest BCUT2D eigenvalue weighted by Gasteiger charge is -2.02. The number of phenolic OH excluding ortho intramolecular Hbond substituents is 2. The van der Waals surface area contributed by atoms with Gasteiger partial charge < -0.3 is 25.4 Å². The SMILES string of the molecule is COc1cc(N)ccc1O.COc1ccc([N+](=O)[O-])cc1O. The van der Waals surface area contributed by atoms with E-state index in [-0.39, 0.29) is 22.9 Å². The Hall–Kier alpha value is -3.16. The lowest BCUT2D eigenvalue weighted by atomic mass is 10.3. The van der Waals surface area contributed by atoms with Crippen LogP contribution in [0.5, 0.6) is 23.0 Å². The second-order valence-electron chi connectivity index (χ2n) is 4.04.